The molecule has 6 nitrogen and oxygen atoms in total. The average Bonchev–Trinajstić information content (AvgIpc) is 2.69. The van der Waals surface area contributed by atoms with E-state index >= 15 is 0 Å². The molecule has 0 bridgehead atoms. The van der Waals surface area contributed by atoms with Crippen molar-refractivity contribution in [3.63, 3.8) is 0 Å². The molecule has 2 aromatic carbocycles. The van der Waals surface area contributed by atoms with Gasteiger partial charge in [0, 0.05) is 0 Å². The Morgan fingerprint density at radius 1 is 1.23 bits per heavy atom. The Morgan fingerprint density at radius 3 is 2.57 bits per heavy atom. The fourth-order valence-electron chi connectivity index (χ4n) is 3.27. The third kappa shape index (κ3) is 4.00. The fourth-order valence-corrected chi connectivity index (χ4v) is 3.27. The number of rotatable bonds is 5. The second-order valence-corrected chi connectivity index (χ2v) is 6.74. The molecule has 0 aliphatic heterocycles. The minimum absolute atomic E-state index is 0.0242. The summed E-state index contributed by atoms with van der Waals surface area (Å²) >= 11 is 0. The Morgan fingerprint density at radius 2 is 1.93 bits per heavy atom. The molecule has 3 rings (SSSR count). The van der Waals surface area contributed by atoms with Crippen molar-refractivity contribution in [2.75, 3.05) is 12.4 Å². The minimum atomic E-state index is -4.95. The van der Waals surface area contributed by atoms with E-state index in [0.29, 0.717) is 11.4 Å². The van der Waals surface area contributed by atoms with Gasteiger partial charge in [-0.05, 0) is 43.2 Å². The summed E-state index contributed by atoms with van der Waals surface area (Å²) < 4.78 is 46.4. The van der Waals surface area contributed by atoms with Gasteiger partial charge in [0.15, 0.2) is 0 Å². The first-order chi connectivity index (χ1) is 14.2. The third-order valence-electron chi connectivity index (χ3n) is 4.68. The molecule has 9 heteroatoms. The maximum absolute atomic E-state index is 13.4. The van der Waals surface area contributed by atoms with Crippen molar-refractivity contribution in [2.24, 2.45) is 0 Å². The first-order valence-electron chi connectivity index (χ1n) is 9.21. The molecule has 0 aliphatic carbocycles. The molecule has 0 saturated heterocycles. The van der Waals surface area contributed by atoms with Crippen LogP contribution in [0.25, 0.3) is 11.0 Å². The topological polar surface area (TPSA) is 73.2 Å². The predicted octanol–water partition coefficient (Wildman–Crippen LogP) is 4.32. The standard InChI is InChI=1S/C21H20F3N3O3/c1-4-15(19(28)26-14-11-12(2)9-10-17(14)30-3)27-16-8-6-5-7-13(16)25-18(20(27)29)21(22,23)24/h5-11,15H,4H2,1-3H3,(H,26,28). The number of aromatic nitrogens is 2. The zero-order valence-corrected chi connectivity index (χ0v) is 16.6. The molecule has 3 aromatic rings. The summed E-state index contributed by atoms with van der Waals surface area (Å²) in [5, 5.41) is 2.68. The summed E-state index contributed by atoms with van der Waals surface area (Å²) in [4.78, 5) is 29.3. The van der Waals surface area contributed by atoms with E-state index < -0.39 is 29.4 Å². The molecule has 1 atom stereocenters. The summed E-state index contributed by atoms with van der Waals surface area (Å²) in [6, 6.07) is 9.88. The summed E-state index contributed by atoms with van der Waals surface area (Å²) in [6.45, 7) is 3.44. The first-order valence-corrected chi connectivity index (χ1v) is 9.21. The third-order valence-corrected chi connectivity index (χ3v) is 4.68. The largest absolute Gasteiger partial charge is 0.495 e. The average molecular weight is 419 g/mol. The van der Waals surface area contributed by atoms with Crippen molar-refractivity contribution in [2.45, 2.75) is 32.5 Å². The van der Waals surface area contributed by atoms with Gasteiger partial charge in [0.1, 0.15) is 11.8 Å². The van der Waals surface area contributed by atoms with Crippen LogP contribution in [0.15, 0.2) is 47.3 Å². The Bertz CT molecular complexity index is 1160. The van der Waals surface area contributed by atoms with Crippen molar-refractivity contribution in [1.29, 1.82) is 0 Å². The highest BCUT2D eigenvalue weighted by Crippen LogP contribution is 2.29. The van der Waals surface area contributed by atoms with E-state index in [0.717, 1.165) is 10.1 Å². The lowest BCUT2D eigenvalue weighted by atomic mass is 10.1. The van der Waals surface area contributed by atoms with Gasteiger partial charge >= 0.3 is 6.18 Å². The van der Waals surface area contributed by atoms with Crippen LogP contribution in [0.2, 0.25) is 0 Å². The number of methoxy groups -OCH3 is 1. The zero-order valence-electron chi connectivity index (χ0n) is 16.6. The number of anilines is 1. The molecule has 0 fully saturated rings. The highest BCUT2D eigenvalue weighted by Gasteiger charge is 2.38. The van der Waals surface area contributed by atoms with Crippen LogP contribution in [0.3, 0.4) is 0 Å². The van der Waals surface area contributed by atoms with E-state index in [1.54, 1.807) is 31.2 Å². The van der Waals surface area contributed by atoms with E-state index in [9.17, 15) is 22.8 Å². The number of amides is 1. The van der Waals surface area contributed by atoms with Gasteiger partial charge in [-0.15, -0.1) is 0 Å². The number of aryl methyl sites for hydroxylation is 1. The van der Waals surface area contributed by atoms with E-state index in [1.165, 1.54) is 25.3 Å². The number of para-hydroxylation sites is 2. The first kappa shape index (κ1) is 21.4. The molecule has 1 heterocycles. The summed E-state index contributed by atoms with van der Waals surface area (Å²) in [6.07, 6.45) is -4.86. The van der Waals surface area contributed by atoms with E-state index in [1.807, 2.05) is 6.92 Å². The number of alkyl halides is 3. The molecule has 30 heavy (non-hydrogen) atoms. The van der Waals surface area contributed by atoms with E-state index in [4.69, 9.17) is 4.74 Å². The molecule has 1 aromatic heterocycles. The van der Waals surface area contributed by atoms with Crippen LogP contribution in [0.4, 0.5) is 18.9 Å². The van der Waals surface area contributed by atoms with Gasteiger partial charge in [0.05, 0.1) is 23.8 Å². The number of fused-ring (bicyclic) bond motifs is 1. The smallest absolute Gasteiger partial charge is 0.438 e. The van der Waals surface area contributed by atoms with Crippen LogP contribution in [-0.2, 0) is 11.0 Å². The van der Waals surface area contributed by atoms with Crippen LogP contribution in [0.5, 0.6) is 5.75 Å². The number of benzene rings is 2. The number of halogens is 3. The van der Waals surface area contributed by atoms with Gasteiger partial charge in [0.2, 0.25) is 11.6 Å². The van der Waals surface area contributed by atoms with Crippen LogP contribution in [0, 0.1) is 6.92 Å². The van der Waals surface area contributed by atoms with Gasteiger partial charge in [-0.3, -0.25) is 14.2 Å². The molecule has 1 unspecified atom stereocenters. The lowest BCUT2D eigenvalue weighted by Gasteiger charge is -2.22. The summed E-state index contributed by atoms with van der Waals surface area (Å²) in [7, 11) is 1.44. The molecular formula is C21H20F3N3O3. The number of nitrogens with one attached hydrogen (secondary N) is 1. The van der Waals surface area contributed by atoms with Crippen LogP contribution in [-0.4, -0.2) is 22.6 Å². The lowest BCUT2D eigenvalue weighted by Crippen LogP contribution is -2.37. The second-order valence-electron chi connectivity index (χ2n) is 6.74. The van der Waals surface area contributed by atoms with Crippen molar-refractivity contribution >= 4 is 22.6 Å². The number of carbonyl (C=O) groups excluding carboxylic acids is 1. The highest BCUT2D eigenvalue weighted by atomic mass is 19.4. The summed E-state index contributed by atoms with van der Waals surface area (Å²) in [5.41, 5.74) is -1.58. The van der Waals surface area contributed by atoms with Crippen LogP contribution < -0.4 is 15.6 Å². The van der Waals surface area contributed by atoms with Crippen molar-refractivity contribution < 1.29 is 22.7 Å². The van der Waals surface area contributed by atoms with Gasteiger partial charge < -0.3 is 10.1 Å². The number of nitrogens with zero attached hydrogens (tertiary/aromatic N) is 2. The number of carbonyl (C=O) groups is 1. The number of hydrogen-bond donors (Lipinski definition) is 1. The Kier molecular flexibility index (Phi) is 5.82. The van der Waals surface area contributed by atoms with E-state index in [2.05, 4.69) is 10.3 Å². The number of ether oxygens (including phenoxy) is 1. The van der Waals surface area contributed by atoms with Crippen molar-refractivity contribution in [1.82, 2.24) is 9.55 Å². The minimum Gasteiger partial charge on any atom is -0.495 e. The van der Waals surface area contributed by atoms with Gasteiger partial charge in [0.25, 0.3) is 5.56 Å². The quantitative estimate of drug-likeness (QED) is 0.669. The number of hydrogen-bond acceptors (Lipinski definition) is 4. The van der Waals surface area contributed by atoms with Gasteiger partial charge in [-0.1, -0.05) is 25.1 Å². The molecule has 158 valence electrons. The maximum Gasteiger partial charge on any atom is 0.438 e. The molecule has 0 saturated carbocycles. The van der Waals surface area contributed by atoms with Crippen molar-refractivity contribution in [3.05, 3.63) is 64.1 Å². The van der Waals surface area contributed by atoms with Crippen molar-refractivity contribution in [3.8, 4) is 5.75 Å². The maximum atomic E-state index is 13.4. The monoisotopic (exact) mass is 419 g/mol. The fraction of sp³-hybridized carbons (Fsp3) is 0.286. The summed E-state index contributed by atoms with van der Waals surface area (Å²) in [5.74, 6) is -0.236. The van der Waals surface area contributed by atoms with Gasteiger partial charge in [-0.2, -0.15) is 13.2 Å². The lowest BCUT2D eigenvalue weighted by molar-refractivity contribution is -0.142. The highest BCUT2D eigenvalue weighted by molar-refractivity contribution is 5.96. The molecular weight excluding hydrogens is 399 g/mol. The Balaban J connectivity index is 2.15. The van der Waals surface area contributed by atoms with Crippen LogP contribution in [0.1, 0.15) is 30.6 Å². The second kappa shape index (κ2) is 8.17. The van der Waals surface area contributed by atoms with Crippen LogP contribution >= 0.6 is 0 Å². The van der Waals surface area contributed by atoms with E-state index in [-0.39, 0.29) is 17.5 Å². The Labute approximate surface area is 170 Å². The predicted molar refractivity (Wildman–Crippen MR) is 107 cm³/mol. The SMILES string of the molecule is CCC(C(=O)Nc1cc(C)ccc1OC)n1c(=O)c(C(F)(F)F)nc2ccccc21. The molecule has 0 aliphatic rings. The molecule has 0 spiro atoms. The van der Waals surface area contributed by atoms with Gasteiger partial charge in [-0.25, -0.2) is 4.98 Å². The molecule has 1 N–H and O–H groups in total. The zero-order chi connectivity index (χ0) is 22.1. The Hall–Kier alpha value is -3.36. The molecule has 1 amide bonds. The normalized spacial score (nSPS) is 12.6. The molecule has 0 radical (unpaired) electrons.